The van der Waals surface area contributed by atoms with Gasteiger partial charge in [0.15, 0.2) is 0 Å². The van der Waals surface area contributed by atoms with Gasteiger partial charge in [0.25, 0.3) is 0 Å². The molecular formula is C10H11ClO. The zero-order chi connectivity index (χ0) is 8.97. The van der Waals surface area contributed by atoms with E-state index in [1.165, 1.54) is 0 Å². The highest BCUT2D eigenvalue weighted by atomic mass is 35.5. The maximum atomic E-state index is 9.50. The molecule has 64 valence electrons. The number of allylic oxidation sites excluding steroid dienone is 1. The minimum atomic E-state index is -0.548. The van der Waals surface area contributed by atoms with E-state index < -0.39 is 6.10 Å². The minimum Gasteiger partial charge on any atom is -0.384 e. The summed E-state index contributed by atoms with van der Waals surface area (Å²) in [4.78, 5) is 0. The van der Waals surface area contributed by atoms with Crippen LogP contribution in [0.1, 0.15) is 18.6 Å². The molecule has 1 aromatic carbocycles. The molecule has 0 bridgehead atoms. The van der Waals surface area contributed by atoms with Crippen molar-refractivity contribution in [1.82, 2.24) is 0 Å². The zero-order valence-corrected chi connectivity index (χ0v) is 7.62. The average Bonchev–Trinajstić information content (AvgIpc) is 2.05. The number of rotatable bonds is 2. The van der Waals surface area contributed by atoms with Crippen molar-refractivity contribution in [1.29, 1.82) is 0 Å². The summed E-state index contributed by atoms with van der Waals surface area (Å²) in [6.07, 6.45) is 2.98. The first-order chi connectivity index (χ1) is 5.74. The molecule has 0 radical (unpaired) electrons. The third-order valence-electron chi connectivity index (χ3n) is 1.56. The SMILES string of the molecule is C/C=C/C(O)c1cccc(Cl)c1. The fraction of sp³-hybridized carbons (Fsp3) is 0.200. The van der Waals surface area contributed by atoms with Gasteiger partial charge in [-0.1, -0.05) is 35.9 Å². The molecule has 0 heterocycles. The Labute approximate surface area is 77.3 Å². The van der Waals surface area contributed by atoms with Crippen molar-refractivity contribution >= 4 is 11.6 Å². The van der Waals surface area contributed by atoms with Crippen LogP contribution in [-0.4, -0.2) is 5.11 Å². The second-order valence-electron chi connectivity index (χ2n) is 2.53. The van der Waals surface area contributed by atoms with Crippen molar-refractivity contribution in [3.05, 3.63) is 47.0 Å². The molecule has 2 heteroatoms. The number of hydrogen-bond acceptors (Lipinski definition) is 1. The molecular weight excluding hydrogens is 172 g/mol. The summed E-state index contributed by atoms with van der Waals surface area (Å²) in [7, 11) is 0. The average molecular weight is 183 g/mol. The Morgan fingerprint density at radius 3 is 2.83 bits per heavy atom. The topological polar surface area (TPSA) is 20.2 Å². The highest BCUT2D eigenvalue weighted by Crippen LogP contribution is 2.18. The van der Waals surface area contributed by atoms with Gasteiger partial charge in [-0.25, -0.2) is 0 Å². The normalized spacial score (nSPS) is 13.6. The van der Waals surface area contributed by atoms with Crippen LogP contribution in [0.15, 0.2) is 36.4 Å². The molecule has 0 aromatic heterocycles. The fourth-order valence-corrected chi connectivity index (χ4v) is 1.18. The summed E-state index contributed by atoms with van der Waals surface area (Å²) in [5, 5.41) is 10.1. The van der Waals surface area contributed by atoms with Crippen LogP contribution >= 0.6 is 11.6 Å². The molecule has 0 aliphatic carbocycles. The van der Waals surface area contributed by atoms with E-state index in [4.69, 9.17) is 11.6 Å². The van der Waals surface area contributed by atoms with Crippen molar-refractivity contribution in [3.63, 3.8) is 0 Å². The van der Waals surface area contributed by atoms with E-state index in [2.05, 4.69) is 0 Å². The zero-order valence-electron chi connectivity index (χ0n) is 6.87. The molecule has 12 heavy (non-hydrogen) atoms. The van der Waals surface area contributed by atoms with Crippen molar-refractivity contribution in [2.24, 2.45) is 0 Å². The summed E-state index contributed by atoms with van der Waals surface area (Å²) >= 11 is 5.75. The van der Waals surface area contributed by atoms with Gasteiger partial charge in [0.1, 0.15) is 0 Å². The van der Waals surface area contributed by atoms with Crippen LogP contribution in [0.2, 0.25) is 5.02 Å². The summed E-state index contributed by atoms with van der Waals surface area (Å²) < 4.78 is 0. The monoisotopic (exact) mass is 182 g/mol. The number of aliphatic hydroxyl groups is 1. The van der Waals surface area contributed by atoms with Crippen LogP contribution < -0.4 is 0 Å². The number of hydrogen-bond donors (Lipinski definition) is 1. The standard InChI is InChI=1S/C10H11ClO/c1-2-4-10(12)8-5-3-6-9(11)7-8/h2-7,10,12H,1H3/b4-2+. The predicted molar refractivity (Wildman–Crippen MR) is 51.2 cm³/mol. The Morgan fingerprint density at radius 2 is 2.25 bits per heavy atom. The lowest BCUT2D eigenvalue weighted by molar-refractivity contribution is 0.228. The van der Waals surface area contributed by atoms with Crippen LogP contribution in [0.3, 0.4) is 0 Å². The highest BCUT2D eigenvalue weighted by Gasteiger charge is 2.01. The first-order valence-electron chi connectivity index (χ1n) is 3.80. The molecule has 0 aliphatic rings. The van der Waals surface area contributed by atoms with Gasteiger partial charge in [-0.05, 0) is 24.6 Å². The Hall–Kier alpha value is -0.790. The van der Waals surface area contributed by atoms with Gasteiger partial charge in [0.05, 0.1) is 6.10 Å². The highest BCUT2D eigenvalue weighted by molar-refractivity contribution is 6.30. The van der Waals surface area contributed by atoms with E-state index in [1.54, 1.807) is 18.2 Å². The van der Waals surface area contributed by atoms with Gasteiger partial charge in [-0.15, -0.1) is 0 Å². The summed E-state index contributed by atoms with van der Waals surface area (Å²) in [5.74, 6) is 0. The Morgan fingerprint density at radius 1 is 1.50 bits per heavy atom. The van der Waals surface area contributed by atoms with E-state index in [1.807, 2.05) is 25.1 Å². The fourth-order valence-electron chi connectivity index (χ4n) is 0.984. The van der Waals surface area contributed by atoms with Crippen molar-refractivity contribution in [2.75, 3.05) is 0 Å². The Kier molecular flexibility index (Phi) is 3.32. The van der Waals surface area contributed by atoms with Crippen molar-refractivity contribution in [3.8, 4) is 0 Å². The maximum Gasteiger partial charge on any atom is 0.0972 e. The number of aliphatic hydroxyl groups excluding tert-OH is 1. The number of halogens is 1. The third kappa shape index (κ3) is 2.36. The molecule has 0 saturated heterocycles. The quantitative estimate of drug-likeness (QED) is 0.698. The molecule has 0 saturated carbocycles. The van der Waals surface area contributed by atoms with Gasteiger partial charge in [-0.2, -0.15) is 0 Å². The van der Waals surface area contributed by atoms with Crippen molar-refractivity contribution < 1.29 is 5.11 Å². The first-order valence-corrected chi connectivity index (χ1v) is 4.18. The molecule has 0 aliphatic heterocycles. The van der Waals surface area contributed by atoms with Gasteiger partial charge in [0.2, 0.25) is 0 Å². The van der Waals surface area contributed by atoms with Crippen molar-refractivity contribution in [2.45, 2.75) is 13.0 Å². The maximum absolute atomic E-state index is 9.50. The molecule has 0 spiro atoms. The molecule has 1 nitrogen and oxygen atoms in total. The second-order valence-corrected chi connectivity index (χ2v) is 2.96. The van der Waals surface area contributed by atoms with Crippen LogP contribution in [0.25, 0.3) is 0 Å². The van der Waals surface area contributed by atoms with Crippen LogP contribution in [0, 0.1) is 0 Å². The lowest BCUT2D eigenvalue weighted by atomic mass is 10.1. The Balaban J connectivity index is 2.87. The first kappa shape index (κ1) is 9.30. The van der Waals surface area contributed by atoms with E-state index >= 15 is 0 Å². The van der Waals surface area contributed by atoms with Crippen LogP contribution in [0.5, 0.6) is 0 Å². The lowest BCUT2D eigenvalue weighted by Gasteiger charge is -2.04. The summed E-state index contributed by atoms with van der Waals surface area (Å²) in [6.45, 7) is 1.87. The second kappa shape index (κ2) is 4.29. The van der Waals surface area contributed by atoms with E-state index in [0.717, 1.165) is 5.56 Å². The molecule has 0 fully saturated rings. The van der Waals surface area contributed by atoms with Crippen LogP contribution in [-0.2, 0) is 0 Å². The predicted octanol–water partition coefficient (Wildman–Crippen LogP) is 2.95. The molecule has 1 unspecified atom stereocenters. The summed E-state index contributed by atoms with van der Waals surface area (Å²) in [5.41, 5.74) is 0.820. The van der Waals surface area contributed by atoms with E-state index in [9.17, 15) is 5.11 Å². The largest absolute Gasteiger partial charge is 0.384 e. The molecule has 1 aromatic rings. The van der Waals surface area contributed by atoms with Gasteiger partial charge >= 0.3 is 0 Å². The number of benzene rings is 1. The van der Waals surface area contributed by atoms with E-state index in [-0.39, 0.29) is 0 Å². The van der Waals surface area contributed by atoms with Gasteiger partial charge in [0, 0.05) is 5.02 Å². The van der Waals surface area contributed by atoms with Gasteiger partial charge in [-0.3, -0.25) is 0 Å². The third-order valence-corrected chi connectivity index (χ3v) is 1.80. The minimum absolute atomic E-state index is 0.548. The van der Waals surface area contributed by atoms with Crippen LogP contribution in [0.4, 0.5) is 0 Å². The molecule has 0 amide bonds. The molecule has 1 N–H and O–H groups in total. The summed E-state index contributed by atoms with van der Waals surface area (Å²) in [6, 6.07) is 7.21. The van der Waals surface area contributed by atoms with E-state index in [0.29, 0.717) is 5.02 Å². The Bertz CT molecular complexity index is 281. The lowest BCUT2D eigenvalue weighted by Crippen LogP contribution is -1.91. The molecule has 1 atom stereocenters. The molecule has 1 rings (SSSR count). The smallest absolute Gasteiger partial charge is 0.0972 e. The van der Waals surface area contributed by atoms with Gasteiger partial charge < -0.3 is 5.11 Å².